The minimum absolute atomic E-state index is 0.487. The van der Waals surface area contributed by atoms with E-state index in [9.17, 15) is 5.11 Å². The molecule has 0 amide bonds. The smallest absolute Gasteiger partial charge is 0.128 e. The third-order valence-electron chi connectivity index (χ3n) is 3.01. The zero-order valence-corrected chi connectivity index (χ0v) is 12.2. The summed E-state index contributed by atoms with van der Waals surface area (Å²) in [5.41, 5.74) is 0.742. The third kappa shape index (κ3) is 4.40. The Kier molecular flexibility index (Phi) is 6.84. The minimum atomic E-state index is -0.643. The lowest BCUT2D eigenvalue weighted by Crippen LogP contribution is -2.29. The molecule has 0 bridgehead atoms. The number of benzene rings is 1. The molecule has 1 N–H and O–H groups in total. The molecule has 1 atom stereocenters. The second-order valence-electron chi connectivity index (χ2n) is 4.42. The monoisotopic (exact) mass is 277 g/mol. The standard InChI is InChI=1S/C16H23NO3/c1-5-9-17(10-6-2)12-15(18)14-8-7-13(19-3)11-16(14)20-4/h5-8,11,15,18H,1-2,9-10,12H2,3-4H3. The molecule has 4 heteroatoms. The van der Waals surface area contributed by atoms with E-state index in [4.69, 9.17) is 9.47 Å². The molecule has 0 spiro atoms. The Bertz CT molecular complexity index is 435. The summed E-state index contributed by atoms with van der Waals surface area (Å²) >= 11 is 0. The maximum atomic E-state index is 10.4. The van der Waals surface area contributed by atoms with Crippen LogP contribution in [0.4, 0.5) is 0 Å². The average Bonchev–Trinajstić information content (AvgIpc) is 2.46. The van der Waals surface area contributed by atoms with Crippen molar-refractivity contribution < 1.29 is 14.6 Å². The second-order valence-corrected chi connectivity index (χ2v) is 4.42. The van der Waals surface area contributed by atoms with Crippen molar-refractivity contribution in [3.63, 3.8) is 0 Å². The number of aliphatic hydroxyl groups excluding tert-OH is 1. The molecule has 0 aliphatic carbocycles. The van der Waals surface area contributed by atoms with Crippen LogP contribution in [-0.2, 0) is 0 Å². The van der Waals surface area contributed by atoms with Crippen LogP contribution in [0.1, 0.15) is 11.7 Å². The van der Waals surface area contributed by atoms with Gasteiger partial charge < -0.3 is 14.6 Å². The predicted molar refractivity (Wildman–Crippen MR) is 81.3 cm³/mol. The molecule has 0 aromatic heterocycles. The van der Waals surface area contributed by atoms with Crippen LogP contribution in [-0.4, -0.2) is 43.9 Å². The molecule has 4 nitrogen and oxygen atoms in total. The molecule has 0 saturated carbocycles. The first-order valence-electron chi connectivity index (χ1n) is 6.50. The van der Waals surface area contributed by atoms with Gasteiger partial charge in [-0.25, -0.2) is 0 Å². The molecule has 0 aliphatic heterocycles. The number of rotatable bonds is 9. The Hall–Kier alpha value is -1.78. The van der Waals surface area contributed by atoms with Gasteiger partial charge in [-0.05, 0) is 12.1 Å². The van der Waals surface area contributed by atoms with Gasteiger partial charge >= 0.3 is 0 Å². The van der Waals surface area contributed by atoms with Crippen LogP contribution in [0.25, 0.3) is 0 Å². The van der Waals surface area contributed by atoms with Gasteiger partial charge in [0.1, 0.15) is 11.5 Å². The molecule has 1 aromatic rings. The van der Waals surface area contributed by atoms with Crippen molar-refractivity contribution in [3.8, 4) is 11.5 Å². The Morgan fingerprint density at radius 1 is 1.20 bits per heavy atom. The Balaban J connectivity index is 2.86. The lowest BCUT2D eigenvalue weighted by Gasteiger charge is -2.23. The fourth-order valence-electron chi connectivity index (χ4n) is 2.03. The van der Waals surface area contributed by atoms with E-state index in [1.54, 1.807) is 20.3 Å². The van der Waals surface area contributed by atoms with Crippen molar-refractivity contribution in [2.75, 3.05) is 33.9 Å². The number of ether oxygens (including phenoxy) is 2. The molecule has 1 unspecified atom stereocenters. The van der Waals surface area contributed by atoms with Gasteiger partial charge in [0.15, 0.2) is 0 Å². The lowest BCUT2D eigenvalue weighted by atomic mass is 10.1. The summed E-state index contributed by atoms with van der Waals surface area (Å²) in [6.07, 6.45) is 2.97. The van der Waals surface area contributed by atoms with Gasteiger partial charge in [-0.15, -0.1) is 13.2 Å². The zero-order chi connectivity index (χ0) is 15.0. The summed E-state index contributed by atoms with van der Waals surface area (Å²) < 4.78 is 10.5. The highest BCUT2D eigenvalue weighted by atomic mass is 16.5. The van der Waals surface area contributed by atoms with E-state index in [1.165, 1.54) is 0 Å². The van der Waals surface area contributed by atoms with Crippen molar-refractivity contribution >= 4 is 0 Å². The van der Waals surface area contributed by atoms with Crippen LogP contribution in [0.15, 0.2) is 43.5 Å². The fourth-order valence-corrected chi connectivity index (χ4v) is 2.03. The number of hydrogen-bond acceptors (Lipinski definition) is 4. The molecule has 0 heterocycles. The molecular weight excluding hydrogens is 254 g/mol. The highest BCUT2D eigenvalue weighted by Gasteiger charge is 2.16. The molecule has 0 fully saturated rings. The molecule has 110 valence electrons. The third-order valence-corrected chi connectivity index (χ3v) is 3.01. The van der Waals surface area contributed by atoms with Crippen molar-refractivity contribution in [1.82, 2.24) is 4.90 Å². The number of nitrogens with zero attached hydrogens (tertiary/aromatic N) is 1. The van der Waals surface area contributed by atoms with E-state index in [0.717, 1.165) is 5.56 Å². The zero-order valence-electron chi connectivity index (χ0n) is 12.2. The van der Waals surface area contributed by atoms with E-state index in [2.05, 4.69) is 13.2 Å². The summed E-state index contributed by atoms with van der Waals surface area (Å²) in [5.74, 6) is 1.32. The van der Waals surface area contributed by atoms with Gasteiger partial charge in [0.2, 0.25) is 0 Å². The first kappa shape index (κ1) is 16.3. The Morgan fingerprint density at radius 3 is 2.35 bits per heavy atom. The highest BCUT2D eigenvalue weighted by molar-refractivity contribution is 5.42. The van der Waals surface area contributed by atoms with Crippen molar-refractivity contribution in [2.24, 2.45) is 0 Å². The van der Waals surface area contributed by atoms with Crippen molar-refractivity contribution in [1.29, 1.82) is 0 Å². The van der Waals surface area contributed by atoms with Gasteiger partial charge in [-0.2, -0.15) is 0 Å². The highest BCUT2D eigenvalue weighted by Crippen LogP contribution is 2.29. The van der Waals surface area contributed by atoms with Crippen molar-refractivity contribution in [2.45, 2.75) is 6.10 Å². The number of aliphatic hydroxyl groups is 1. The van der Waals surface area contributed by atoms with Crippen LogP contribution >= 0.6 is 0 Å². The SMILES string of the molecule is C=CCN(CC=C)CC(O)c1ccc(OC)cc1OC. The van der Waals surface area contributed by atoms with Crippen LogP contribution < -0.4 is 9.47 Å². The van der Waals surface area contributed by atoms with Gasteiger partial charge in [0.05, 0.1) is 20.3 Å². The Labute approximate surface area is 120 Å². The van der Waals surface area contributed by atoms with E-state index in [1.807, 2.05) is 29.2 Å². The van der Waals surface area contributed by atoms with Crippen LogP contribution in [0.5, 0.6) is 11.5 Å². The van der Waals surface area contributed by atoms with E-state index in [0.29, 0.717) is 31.1 Å². The van der Waals surface area contributed by atoms with E-state index in [-0.39, 0.29) is 0 Å². The largest absolute Gasteiger partial charge is 0.497 e. The lowest BCUT2D eigenvalue weighted by molar-refractivity contribution is 0.123. The normalized spacial score (nSPS) is 12.0. The molecule has 20 heavy (non-hydrogen) atoms. The molecule has 0 saturated heterocycles. The second kappa shape index (κ2) is 8.40. The van der Waals surface area contributed by atoms with Gasteiger partial charge in [0, 0.05) is 31.3 Å². The van der Waals surface area contributed by atoms with E-state index >= 15 is 0 Å². The maximum absolute atomic E-state index is 10.4. The first-order valence-corrected chi connectivity index (χ1v) is 6.50. The average molecular weight is 277 g/mol. The minimum Gasteiger partial charge on any atom is -0.497 e. The summed E-state index contributed by atoms with van der Waals surface area (Å²) in [6, 6.07) is 5.40. The molecule has 1 aromatic carbocycles. The van der Waals surface area contributed by atoms with Gasteiger partial charge in [0.25, 0.3) is 0 Å². The van der Waals surface area contributed by atoms with Gasteiger partial charge in [-0.3, -0.25) is 4.90 Å². The number of hydrogen-bond donors (Lipinski definition) is 1. The molecule has 0 aliphatic rings. The summed E-state index contributed by atoms with van der Waals surface area (Å²) in [6.45, 7) is 9.32. The summed E-state index contributed by atoms with van der Waals surface area (Å²) in [4.78, 5) is 2.05. The predicted octanol–water partition coefficient (Wildman–Crippen LogP) is 2.41. The number of methoxy groups -OCH3 is 2. The first-order chi connectivity index (χ1) is 9.65. The van der Waals surface area contributed by atoms with Crippen molar-refractivity contribution in [3.05, 3.63) is 49.1 Å². The Morgan fingerprint density at radius 2 is 1.85 bits per heavy atom. The quantitative estimate of drug-likeness (QED) is 0.704. The topological polar surface area (TPSA) is 41.9 Å². The fraction of sp³-hybridized carbons (Fsp3) is 0.375. The van der Waals surface area contributed by atoms with Crippen LogP contribution in [0, 0.1) is 0 Å². The summed E-state index contributed by atoms with van der Waals surface area (Å²) in [5, 5.41) is 10.4. The van der Waals surface area contributed by atoms with E-state index < -0.39 is 6.10 Å². The van der Waals surface area contributed by atoms with Gasteiger partial charge in [-0.1, -0.05) is 12.2 Å². The van der Waals surface area contributed by atoms with Crippen LogP contribution in [0.3, 0.4) is 0 Å². The van der Waals surface area contributed by atoms with Crippen LogP contribution in [0.2, 0.25) is 0 Å². The molecular formula is C16H23NO3. The molecule has 1 rings (SSSR count). The summed E-state index contributed by atoms with van der Waals surface area (Å²) in [7, 11) is 3.18. The molecule has 0 radical (unpaired) electrons. The maximum Gasteiger partial charge on any atom is 0.128 e.